The van der Waals surface area contributed by atoms with Crippen LogP contribution in [0.15, 0.2) is 24.3 Å². The lowest BCUT2D eigenvalue weighted by molar-refractivity contribution is -0.142. The molecule has 0 fully saturated rings. The van der Waals surface area contributed by atoms with E-state index in [-0.39, 0.29) is 18.4 Å². The van der Waals surface area contributed by atoms with Crippen molar-refractivity contribution in [3.05, 3.63) is 35.4 Å². The Morgan fingerprint density at radius 1 is 1.18 bits per heavy atom. The highest BCUT2D eigenvalue weighted by molar-refractivity contribution is 5.92. The molecule has 0 aliphatic rings. The zero-order valence-corrected chi connectivity index (χ0v) is 21.6. The minimum atomic E-state index is -1.00. The fourth-order valence-corrected chi connectivity index (χ4v) is 3.50. The van der Waals surface area contributed by atoms with Gasteiger partial charge in [0.2, 0.25) is 11.8 Å². The molecule has 0 heterocycles. The van der Waals surface area contributed by atoms with Gasteiger partial charge >= 0.3 is 6.09 Å². The third-order valence-electron chi connectivity index (χ3n) is 5.55. The second-order valence-electron chi connectivity index (χ2n) is 9.54. The van der Waals surface area contributed by atoms with Gasteiger partial charge in [0.1, 0.15) is 24.2 Å². The molecular weight excluding hydrogens is 432 g/mol. The van der Waals surface area contributed by atoms with Crippen LogP contribution in [0.2, 0.25) is 0 Å². The van der Waals surface area contributed by atoms with Gasteiger partial charge in [0.25, 0.3) is 0 Å². The number of amides is 3. The molecule has 2 N–H and O–H groups in total. The first-order valence-electron chi connectivity index (χ1n) is 12.0. The van der Waals surface area contributed by atoms with Gasteiger partial charge in [-0.25, -0.2) is 4.79 Å². The van der Waals surface area contributed by atoms with Crippen LogP contribution in [0.5, 0.6) is 0 Å². The highest BCUT2D eigenvalue weighted by Gasteiger charge is 2.38. The predicted molar refractivity (Wildman–Crippen MR) is 132 cm³/mol. The summed E-state index contributed by atoms with van der Waals surface area (Å²) in [6, 6.07) is 7.37. The maximum Gasteiger partial charge on any atom is 0.408 e. The van der Waals surface area contributed by atoms with Crippen LogP contribution in [0.25, 0.3) is 0 Å². The van der Waals surface area contributed by atoms with Crippen LogP contribution in [0, 0.1) is 24.2 Å². The number of hydrogen-bond acceptors (Lipinski definition) is 5. The molecular formula is C26H40N4O4. The van der Waals surface area contributed by atoms with Crippen LogP contribution < -0.4 is 10.6 Å². The van der Waals surface area contributed by atoms with Crippen molar-refractivity contribution in [3.8, 4) is 6.07 Å². The van der Waals surface area contributed by atoms with E-state index < -0.39 is 29.7 Å². The number of rotatable bonds is 11. The molecule has 188 valence electrons. The molecule has 0 spiro atoms. The monoisotopic (exact) mass is 472 g/mol. The van der Waals surface area contributed by atoms with Crippen molar-refractivity contribution in [1.82, 2.24) is 15.5 Å². The molecule has 8 heteroatoms. The number of nitriles is 1. The molecule has 0 saturated heterocycles. The van der Waals surface area contributed by atoms with Gasteiger partial charge in [-0.15, -0.1) is 0 Å². The van der Waals surface area contributed by atoms with Crippen LogP contribution in [0.4, 0.5) is 4.79 Å². The van der Waals surface area contributed by atoms with E-state index in [0.717, 1.165) is 18.4 Å². The summed E-state index contributed by atoms with van der Waals surface area (Å²) in [7, 11) is 0. The number of benzene rings is 1. The minimum absolute atomic E-state index is 0.248. The summed E-state index contributed by atoms with van der Waals surface area (Å²) < 4.78 is 5.36. The molecule has 3 unspecified atom stereocenters. The van der Waals surface area contributed by atoms with Crippen LogP contribution in [-0.2, 0) is 14.3 Å². The van der Waals surface area contributed by atoms with Gasteiger partial charge in [-0.1, -0.05) is 57.9 Å². The molecule has 3 atom stereocenters. The topological polar surface area (TPSA) is 112 Å². The van der Waals surface area contributed by atoms with E-state index >= 15 is 0 Å². The lowest BCUT2D eigenvalue weighted by Crippen LogP contribution is -2.55. The molecule has 0 aliphatic carbocycles. The van der Waals surface area contributed by atoms with E-state index in [4.69, 9.17) is 4.74 Å². The van der Waals surface area contributed by atoms with Gasteiger partial charge in [0, 0.05) is 6.54 Å². The average molecular weight is 473 g/mol. The fraction of sp³-hybridized carbons (Fsp3) is 0.615. The third kappa shape index (κ3) is 8.69. The van der Waals surface area contributed by atoms with Gasteiger partial charge in [-0.05, 0) is 51.2 Å². The Morgan fingerprint density at radius 3 is 2.35 bits per heavy atom. The standard InChI is InChI=1S/C26H40N4O4/c1-8-10-16-28-23(31)22(20-14-12-11-13-19(20)4)30(17-15-27)24(32)21(18(3)9-2)29-25(33)34-26(5,6)7/h11-14,18,21-22H,8-10,16-17H2,1-7H3,(H,28,31)(H,29,33). The molecule has 0 aromatic heterocycles. The van der Waals surface area contributed by atoms with Crippen molar-refractivity contribution < 1.29 is 19.1 Å². The Labute approximate surface area is 204 Å². The number of aryl methyl sites for hydroxylation is 1. The molecule has 1 aromatic rings. The van der Waals surface area contributed by atoms with E-state index in [9.17, 15) is 19.6 Å². The van der Waals surface area contributed by atoms with E-state index in [1.165, 1.54) is 4.90 Å². The van der Waals surface area contributed by atoms with E-state index in [1.54, 1.807) is 32.9 Å². The number of unbranched alkanes of at least 4 members (excludes halogenated alkanes) is 1. The number of nitrogens with one attached hydrogen (secondary N) is 2. The molecule has 0 aliphatic heterocycles. The Morgan fingerprint density at radius 2 is 1.82 bits per heavy atom. The molecule has 3 amide bonds. The van der Waals surface area contributed by atoms with E-state index in [1.807, 2.05) is 45.9 Å². The summed E-state index contributed by atoms with van der Waals surface area (Å²) >= 11 is 0. The van der Waals surface area contributed by atoms with Gasteiger partial charge in [0.15, 0.2) is 0 Å². The van der Waals surface area contributed by atoms with Crippen molar-refractivity contribution in [2.75, 3.05) is 13.1 Å². The van der Waals surface area contributed by atoms with Crippen molar-refractivity contribution in [3.63, 3.8) is 0 Å². The van der Waals surface area contributed by atoms with Crippen LogP contribution in [0.3, 0.4) is 0 Å². The summed E-state index contributed by atoms with van der Waals surface area (Å²) in [5.41, 5.74) is 0.733. The predicted octanol–water partition coefficient (Wildman–Crippen LogP) is 4.24. The summed E-state index contributed by atoms with van der Waals surface area (Å²) in [6.07, 6.45) is 1.59. The zero-order chi connectivity index (χ0) is 25.9. The first kappa shape index (κ1) is 29.0. The Bertz CT molecular complexity index is 872. The minimum Gasteiger partial charge on any atom is -0.444 e. The Kier molecular flexibility index (Phi) is 11.6. The second kappa shape index (κ2) is 13.6. The Hall–Kier alpha value is -3.08. The molecule has 1 aromatic carbocycles. The number of alkyl carbamates (subject to hydrolysis) is 1. The lowest BCUT2D eigenvalue weighted by atomic mass is 9.94. The number of hydrogen-bond donors (Lipinski definition) is 2. The summed E-state index contributed by atoms with van der Waals surface area (Å²) in [5, 5.41) is 15.2. The zero-order valence-electron chi connectivity index (χ0n) is 21.6. The summed E-state index contributed by atoms with van der Waals surface area (Å²) in [5.74, 6) is -1.10. The van der Waals surface area contributed by atoms with Gasteiger partial charge in [-0.2, -0.15) is 5.26 Å². The molecule has 0 saturated carbocycles. The van der Waals surface area contributed by atoms with Crippen LogP contribution >= 0.6 is 0 Å². The lowest BCUT2D eigenvalue weighted by Gasteiger charge is -2.35. The van der Waals surface area contributed by atoms with Gasteiger partial charge in [0.05, 0.1) is 6.07 Å². The number of carbonyl (C=O) groups excluding carboxylic acids is 3. The highest BCUT2D eigenvalue weighted by Crippen LogP contribution is 2.26. The van der Waals surface area contributed by atoms with Gasteiger partial charge < -0.3 is 20.3 Å². The Balaban J connectivity index is 3.43. The summed E-state index contributed by atoms with van der Waals surface area (Å²) in [6.45, 7) is 13.0. The molecule has 34 heavy (non-hydrogen) atoms. The maximum atomic E-state index is 13.8. The number of ether oxygens (including phenoxy) is 1. The average Bonchev–Trinajstić information content (AvgIpc) is 2.76. The molecule has 0 radical (unpaired) electrons. The normalized spacial score (nSPS) is 13.7. The van der Waals surface area contributed by atoms with Gasteiger partial charge in [-0.3, -0.25) is 9.59 Å². The van der Waals surface area contributed by atoms with E-state index in [0.29, 0.717) is 18.5 Å². The first-order valence-corrected chi connectivity index (χ1v) is 12.0. The van der Waals surface area contributed by atoms with Crippen molar-refractivity contribution in [1.29, 1.82) is 5.26 Å². The summed E-state index contributed by atoms with van der Waals surface area (Å²) in [4.78, 5) is 40.9. The highest BCUT2D eigenvalue weighted by atomic mass is 16.6. The molecule has 8 nitrogen and oxygen atoms in total. The van der Waals surface area contributed by atoms with Crippen LogP contribution in [-0.4, -0.2) is 47.5 Å². The fourth-order valence-electron chi connectivity index (χ4n) is 3.50. The number of carbonyl (C=O) groups is 3. The van der Waals surface area contributed by atoms with Crippen molar-refractivity contribution >= 4 is 17.9 Å². The van der Waals surface area contributed by atoms with Crippen LogP contribution in [0.1, 0.15) is 78.0 Å². The maximum absolute atomic E-state index is 13.8. The SMILES string of the molecule is CCCCNC(=O)C(c1ccccc1C)N(CC#N)C(=O)C(NC(=O)OC(C)(C)C)C(C)CC. The third-order valence-corrected chi connectivity index (χ3v) is 5.55. The molecule has 0 bridgehead atoms. The van der Waals surface area contributed by atoms with Crippen molar-refractivity contribution in [2.24, 2.45) is 5.92 Å². The first-order chi connectivity index (χ1) is 16.0. The number of nitrogens with zero attached hydrogens (tertiary/aromatic N) is 2. The quantitative estimate of drug-likeness (QED) is 0.369. The van der Waals surface area contributed by atoms with E-state index in [2.05, 4.69) is 10.6 Å². The second-order valence-corrected chi connectivity index (χ2v) is 9.54. The smallest absolute Gasteiger partial charge is 0.408 e. The largest absolute Gasteiger partial charge is 0.444 e. The van der Waals surface area contributed by atoms with Crippen molar-refractivity contribution in [2.45, 2.75) is 85.4 Å². The molecule has 1 rings (SSSR count).